The molecule has 2 aliphatic carbocycles. The molecule has 4 saturated heterocycles. The molecule has 4 aliphatic heterocycles. The second kappa shape index (κ2) is 51.7. The second-order valence-corrected chi connectivity index (χ2v) is 38.4. The maximum absolute atomic E-state index is 14.7. The van der Waals surface area contributed by atoms with E-state index in [0.717, 1.165) is 18.9 Å². The van der Waals surface area contributed by atoms with Crippen molar-refractivity contribution in [2.24, 2.45) is 17.4 Å². The molecule has 0 spiro atoms. The Hall–Kier alpha value is -8.18. The fourth-order valence-corrected chi connectivity index (χ4v) is 19.7. The number of halogens is 1. The molecule has 17 N–H and O–H groups in total. The largest absolute Gasteiger partial charge is 0.492 e. The fourth-order valence-electron chi connectivity index (χ4n) is 15.5. The molecule has 2 bridgehead atoms. The van der Waals surface area contributed by atoms with Gasteiger partial charge in [0.2, 0.25) is 46.7 Å². The third-order valence-electron chi connectivity index (χ3n) is 22.6. The summed E-state index contributed by atoms with van der Waals surface area (Å²) in [5.41, 5.74) is 12.4. The molecule has 6 aliphatic rings. The number of hydrogen-bond donors (Lipinski definition) is 15. The number of hydroxylamine groups is 1. The van der Waals surface area contributed by atoms with Crippen LogP contribution in [0, 0.1) is 40.1 Å². The highest BCUT2D eigenvalue weighted by atomic mass is 127. The molecule has 8 rings (SSSR count). The molecule has 4 heterocycles. The Morgan fingerprint density at radius 2 is 1.45 bits per heavy atom. The smallest absolute Gasteiger partial charge is 0.411 e. The number of rotatable bonds is 43. The lowest BCUT2D eigenvalue weighted by Gasteiger charge is -2.47. The van der Waals surface area contributed by atoms with Crippen molar-refractivity contribution >= 4 is 120 Å². The lowest BCUT2D eigenvalue weighted by Crippen LogP contribution is -2.65. The molecule has 132 heavy (non-hydrogen) atoms. The van der Waals surface area contributed by atoms with Crippen LogP contribution in [0.5, 0.6) is 17.2 Å². The van der Waals surface area contributed by atoms with Crippen molar-refractivity contribution in [3.05, 3.63) is 79.6 Å². The first-order valence-electron chi connectivity index (χ1n) is 43.3. The van der Waals surface area contributed by atoms with Gasteiger partial charge in [0.05, 0.1) is 97.0 Å². The predicted octanol–water partition coefficient (Wildman–Crippen LogP) is 3.92. The number of benzene rings is 2. The minimum atomic E-state index is -2.23. The number of allylic oxidation sites excluding steroid dienone is 3. The summed E-state index contributed by atoms with van der Waals surface area (Å²) in [5, 5.41) is 76.9. The van der Waals surface area contributed by atoms with Gasteiger partial charge in [-0.15, -0.1) is 0 Å². The van der Waals surface area contributed by atoms with E-state index in [-0.39, 0.29) is 120 Å². The Morgan fingerprint density at radius 3 is 2.09 bits per heavy atom. The van der Waals surface area contributed by atoms with Gasteiger partial charge in [0.25, 0.3) is 0 Å². The van der Waals surface area contributed by atoms with Crippen LogP contribution in [-0.4, -0.2) is 301 Å². The number of nitrogens with two attached hydrogens (primary N) is 2. The number of fused-ring (bicyclic) bond motifs is 2. The number of anilines is 1. The predicted molar refractivity (Wildman–Crippen MR) is 493 cm³/mol. The Morgan fingerprint density at radius 1 is 0.765 bits per heavy atom. The van der Waals surface area contributed by atoms with Crippen LogP contribution in [0.3, 0.4) is 0 Å². The number of unbranched alkanes of at least 4 members (excludes halogenated alkanes) is 1. The van der Waals surface area contributed by atoms with Gasteiger partial charge >= 0.3 is 18.2 Å². The minimum Gasteiger partial charge on any atom is -0.492 e. The van der Waals surface area contributed by atoms with Crippen LogP contribution in [0.15, 0.2) is 59.3 Å². The first-order valence-corrected chi connectivity index (χ1v) is 47.6. The van der Waals surface area contributed by atoms with Crippen molar-refractivity contribution in [2.45, 2.75) is 279 Å². The summed E-state index contributed by atoms with van der Waals surface area (Å²) in [6, 6.07) is 0.127. The lowest BCUT2D eigenvalue weighted by atomic mass is 9.75. The van der Waals surface area contributed by atoms with Gasteiger partial charge in [-0.3, -0.25) is 43.7 Å². The number of hydrogen-bond acceptors (Lipinski definition) is 34. The highest BCUT2D eigenvalue weighted by molar-refractivity contribution is 14.1. The zero-order valence-electron chi connectivity index (χ0n) is 76.8. The summed E-state index contributed by atoms with van der Waals surface area (Å²) in [5.74, 6) is 7.88. The molecule has 40 nitrogen and oxygen atoms in total. The summed E-state index contributed by atoms with van der Waals surface area (Å²) in [7, 11) is 9.40. The van der Waals surface area contributed by atoms with E-state index in [9.17, 15) is 73.5 Å². The number of likely N-dealkylation sites (N-methyl/N-ethyl adjacent to an activating group) is 1. The number of methoxy groups -OCH3 is 5. The number of aliphatic hydroxyl groups is 5. The SMILES string of the molecule is CCN(C(=O)OCc1ccc(NC(=O)[C@H](CCCNC(N)=O)NC(=O)[C@@H](NC(=O)[C@H](CCCCN)NC(C)=O)C(C)C)cc1)[C@H]1CO[C@@H](O[C@H]2[C@H](O[C@H]3C#CC=CC#C[C@]4(O)CC(=O)C(NC(=O)OC)=C3/C4=C\CSSC(C)(C)CCNC(C)=O)O[C@H](C)[C@@H](NO[C@H]3C[C@H](O)[C@H](SC(=O)c4c(C)c(I)c(O[C@@H]5O[C@@H](C)[C@H](O)[C@@H](OC)[C@H]5O)c(OC)c4OC)[C@@H](C)O3)[C@@H]2O)C[C@@H]1OC. The Bertz CT molecular complexity index is 4560. The van der Waals surface area contributed by atoms with E-state index in [1.54, 1.807) is 78.8 Å². The van der Waals surface area contributed by atoms with Gasteiger partial charge in [-0.2, -0.15) is 5.48 Å². The van der Waals surface area contributed by atoms with Gasteiger partial charge in [0, 0.05) is 87.9 Å². The number of carbonyl (C=O) groups excluding carboxylic acids is 10. The molecule has 0 unspecified atom stereocenters. The van der Waals surface area contributed by atoms with Crippen molar-refractivity contribution in [3.8, 4) is 40.9 Å². The number of primary amides is 1. The van der Waals surface area contributed by atoms with Gasteiger partial charge in [-0.05, 0) is 157 Å². The van der Waals surface area contributed by atoms with Gasteiger partial charge in [-0.1, -0.05) is 89.1 Å². The molecule has 0 aromatic heterocycles. The average Bonchev–Trinajstić information content (AvgIpc) is 0.751. The number of nitrogens with zero attached hydrogens (tertiary/aromatic N) is 1. The van der Waals surface area contributed by atoms with E-state index in [2.05, 4.69) is 66.4 Å². The van der Waals surface area contributed by atoms with Crippen molar-refractivity contribution in [3.63, 3.8) is 0 Å². The van der Waals surface area contributed by atoms with E-state index >= 15 is 0 Å². The van der Waals surface area contributed by atoms with Crippen LogP contribution in [0.2, 0.25) is 0 Å². The van der Waals surface area contributed by atoms with Crippen molar-refractivity contribution in [2.75, 3.05) is 79.4 Å². The molecule has 0 radical (unpaired) electrons. The summed E-state index contributed by atoms with van der Waals surface area (Å²) in [4.78, 5) is 142. The maximum atomic E-state index is 14.7. The van der Waals surface area contributed by atoms with Gasteiger partial charge in [-0.25, -0.2) is 14.4 Å². The van der Waals surface area contributed by atoms with E-state index in [4.69, 9.17) is 77.9 Å². The Kier molecular flexibility index (Phi) is 42.7. The first kappa shape index (κ1) is 109. The number of Topliss-reactive ketones (excluding diaryl/α,β-unsaturated/α-hetero) is 1. The molecular formula is C88H126IN11O29S3. The Labute approximate surface area is 793 Å². The molecule has 2 aromatic carbocycles. The van der Waals surface area contributed by atoms with Crippen LogP contribution in [0.1, 0.15) is 149 Å². The number of amides is 9. The Balaban J connectivity index is 1.02. The number of aliphatic hydroxyl groups excluding tert-OH is 4. The molecule has 9 amide bonds. The third kappa shape index (κ3) is 29.7. The summed E-state index contributed by atoms with van der Waals surface area (Å²) in [6.45, 7) is 18.7. The molecule has 22 atom stereocenters. The average molecular weight is 2030 g/mol. The van der Waals surface area contributed by atoms with Crippen molar-refractivity contribution in [1.82, 2.24) is 42.3 Å². The molecule has 732 valence electrons. The van der Waals surface area contributed by atoms with E-state index in [1.807, 2.05) is 36.4 Å². The lowest BCUT2D eigenvalue weighted by molar-refractivity contribution is -0.337. The summed E-state index contributed by atoms with van der Waals surface area (Å²) < 4.78 is 79.4. The summed E-state index contributed by atoms with van der Waals surface area (Å²) in [6.07, 6.45) is -15.7. The van der Waals surface area contributed by atoms with E-state index < -0.39 is 198 Å². The number of thioether (sulfide) groups is 1. The molecular weight excluding hydrogens is 1900 g/mol. The van der Waals surface area contributed by atoms with Crippen LogP contribution < -0.4 is 68.4 Å². The van der Waals surface area contributed by atoms with Gasteiger partial charge < -0.3 is 135 Å². The molecule has 0 saturated carbocycles. The number of carbonyl (C=O) groups is 10. The van der Waals surface area contributed by atoms with Crippen molar-refractivity contribution < 1.29 is 140 Å². The summed E-state index contributed by atoms with van der Waals surface area (Å²) >= 11 is 2.74. The third-order valence-corrected chi connectivity index (χ3v) is 28.5. The van der Waals surface area contributed by atoms with Crippen LogP contribution in [0.4, 0.5) is 20.1 Å². The topological polar surface area (TPSA) is 553 Å². The first-order chi connectivity index (χ1) is 62.7. The molecule has 44 heteroatoms. The van der Waals surface area contributed by atoms with E-state index in [1.165, 1.54) is 80.9 Å². The maximum Gasteiger partial charge on any atom is 0.411 e. The normalized spacial score (nSPS) is 27.4. The minimum absolute atomic E-state index is 0.0159. The monoisotopic (exact) mass is 2020 g/mol. The standard InChI is InChI=1S/C88H126IN11O29S3/c1-17-100(86(114)122-42-51-28-30-52(31-29-51)95-78(108)55(26-24-36-93-84(91)112)96-80(110)66(44(2)3)97-79(109)54(94-50(9)102)25-21-23-35-90)56-43-121-61(40-60(56)116-12)127-75-70(106)67(99-129-62-39-57(103)77(48(7)123-62)131-81(111)63-45(4)65(89)73(76(119-15)72(63)117-13)128-82-71(107)74(118-14)69(105)47(6)125-82)46(5)124-83(75)126-59-27-20-18-19-22-33-88(115)41-58(104)68(98-85(113)120-16)64(59)53(88)32-38-130-132-87(10,11)34-37-92-49(8)101/h18-19,28-32,44,46-48,54-57,59-62,66-67,69-71,74-75,77,82-83,99,103,105-107,115H,17,21,23-26,34-43,90H2,1-16H3,(H,92,101)(H,94,102)(H,95,108)(H,96,110)(H,97,109)(H,98,113)(H3,91,93,112)/b19-18?,53-32+/t46-,47+,48-,54+,55+,56+,57+,59+,60+,61+,62+,66+,67-,69+,70+,71-,74-,75-,77-,82+,83+,88+/m1/s1. The zero-order valence-corrected chi connectivity index (χ0v) is 81.4. The van der Waals surface area contributed by atoms with Crippen molar-refractivity contribution in [1.29, 1.82) is 0 Å². The van der Waals surface area contributed by atoms with Crippen LogP contribution >= 0.6 is 55.9 Å². The molecule has 4 fully saturated rings. The highest BCUT2D eigenvalue weighted by Gasteiger charge is 2.53. The number of ketones is 1. The highest BCUT2D eigenvalue weighted by Crippen LogP contribution is 2.50. The zero-order chi connectivity index (χ0) is 97.2. The van der Waals surface area contributed by atoms with Gasteiger partial charge in [0.1, 0.15) is 61.4 Å². The van der Waals surface area contributed by atoms with Gasteiger partial charge in [0.15, 0.2) is 41.8 Å². The number of ether oxygens (including phenoxy) is 13. The number of alkyl carbamates (subject to hydrolysis) is 1. The fraction of sp³-hybridized carbons (Fsp3) is 0.636. The quantitative estimate of drug-likeness (QED) is 0.0147. The van der Waals surface area contributed by atoms with Crippen LogP contribution in [0.25, 0.3) is 0 Å². The second-order valence-electron chi connectivity index (χ2n) is 33.1. The number of nitrogens with one attached hydrogen (secondary N) is 8. The van der Waals surface area contributed by atoms with Crippen LogP contribution in [-0.2, 0) is 87.6 Å². The van der Waals surface area contributed by atoms with E-state index in [0.29, 0.717) is 47.0 Å². The number of urea groups is 1. The molecule has 2 aromatic rings.